The van der Waals surface area contributed by atoms with Crippen LogP contribution in [0.15, 0.2) is 45.6 Å². The number of rotatable bonds is 7. The van der Waals surface area contributed by atoms with E-state index < -0.39 is 11.9 Å². The summed E-state index contributed by atoms with van der Waals surface area (Å²) in [5, 5.41) is 0.444. The van der Waals surface area contributed by atoms with Gasteiger partial charge in [-0.1, -0.05) is 12.1 Å². The zero-order valence-electron chi connectivity index (χ0n) is 18.1. The molecule has 32 heavy (non-hydrogen) atoms. The van der Waals surface area contributed by atoms with Gasteiger partial charge in [-0.2, -0.15) is 0 Å². The number of primary amides is 1. The number of amides is 2. The van der Waals surface area contributed by atoms with Crippen molar-refractivity contribution < 1.29 is 23.5 Å². The van der Waals surface area contributed by atoms with Crippen LogP contribution >= 0.6 is 0 Å². The number of hydrogen-bond donors (Lipinski definition) is 1. The van der Waals surface area contributed by atoms with Crippen LogP contribution in [0.2, 0.25) is 0 Å². The van der Waals surface area contributed by atoms with Crippen molar-refractivity contribution in [2.24, 2.45) is 5.73 Å². The number of ether oxygens (including phenoxy) is 2. The standard InChI is InChI=1S/C24H24N2O6/c1-13-10-17-18(11-14(13)2)32-23-20(22(17)28)21(26(24(23)29)8-9-30-3)15-4-6-16(7-5-15)31-12-19(25)27/h4-7,10-11,21H,8-9,12H2,1-3H3,(H2,25,27)/t21-/m0/s1. The third kappa shape index (κ3) is 3.73. The zero-order valence-corrected chi connectivity index (χ0v) is 18.1. The van der Waals surface area contributed by atoms with Gasteiger partial charge < -0.3 is 24.5 Å². The van der Waals surface area contributed by atoms with Crippen molar-refractivity contribution in [3.63, 3.8) is 0 Å². The van der Waals surface area contributed by atoms with Gasteiger partial charge >= 0.3 is 0 Å². The molecule has 2 amide bonds. The molecule has 2 N–H and O–H groups in total. The summed E-state index contributed by atoms with van der Waals surface area (Å²) in [5.41, 5.74) is 8.27. The molecule has 3 aromatic rings. The highest BCUT2D eigenvalue weighted by molar-refractivity contribution is 5.99. The number of nitrogens with zero attached hydrogens (tertiary/aromatic N) is 1. The molecule has 0 radical (unpaired) electrons. The first-order chi connectivity index (χ1) is 15.3. The quantitative estimate of drug-likeness (QED) is 0.609. The monoisotopic (exact) mass is 436 g/mol. The largest absolute Gasteiger partial charge is 0.484 e. The fourth-order valence-electron chi connectivity index (χ4n) is 3.94. The summed E-state index contributed by atoms with van der Waals surface area (Å²) in [4.78, 5) is 39.3. The summed E-state index contributed by atoms with van der Waals surface area (Å²) in [6.07, 6.45) is 0. The molecule has 0 spiro atoms. The van der Waals surface area contributed by atoms with Crippen LogP contribution in [0.4, 0.5) is 0 Å². The van der Waals surface area contributed by atoms with E-state index in [9.17, 15) is 14.4 Å². The van der Waals surface area contributed by atoms with Gasteiger partial charge in [0.15, 0.2) is 12.0 Å². The van der Waals surface area contributed by atoms with Gasteiger partial charge in [0.05, 0.1) is 23.6 Å². The lowest BCUT2D eigenvalue weighted by atomic mass is 9.97. The first-order valence-electron chi connectivity index (χ1n) is 10.2. The predicted molar refractivity (Wildman–Crippen MR) is 118 cm³/mol. The van der Waals surface area contributed by atoms with Gasteiger partial charge in [-0.3, -0.25) is 14.4 Å². The first-order valence-corrected chi connectivity index (χ1v) is 10.2. The Hall–Kier alpha value is -3.65. The van der Waals surface area contributed by atoms with E-state index in [1.54, 1.807) is 48.4 Å². The van der Waals surface area contributed by atoms with Crippen LogP contribution in [-0.2, 0) is 9.53 Å². The molecule has 0 unspecified atom stereocenters. The average molecular weight is 436 g/mol. The predicted octanol–water partition coefficient (Wildman–Crippen LogP) is 2.47. The Labute approximate surface area is 184 Å². The number of aryl methyl sites for hydroxylation is 2. The summed E-state index contributed by atoms with van der Waals surface area (Å²) in [6.45, 7) is 4.22. The second-order valence-electron chi connectivity index (χ2n) is 7.82. The molecule has 1 aromatic heterocycles. The number of fused-ring (bicyclic) bond motifs is 2. The average Bonchev–Trinajstić information content (AvgIpc) is 3.04. The number of hydrogen-bond acceptors (Lipinski definition) is 6. The highest BCUT2D eigenvalue weighted by Gasteiger charge is 2.42. The van der Waals surface area contributed by atoms with Crippen molar-refractivity contribution in [1.29, 1.82) is 0 Å². The van der Waals surface area contributed by atoms with Crippen LogP contribution in [0.25, 0.3) is 11.0 Å². The number of carbonyl (C=O) groups is 2. The Kier molecular flexibility index (Phi) is 5.71. The molecule has 166 valence electrons. The van der Waals surface area contributed by atoms with E-state index in [-0.39, 0.29) is 30.2 Å². The lowest BCUT2D eigenvalue weighted by Gasteiger charge is -2.25. The molecule has 0 bridgehead atoms. The highest BCUT2D eigenvalue weighted by atomic mass is 16.5. The number of carbonyl (C=O) groups excluding carboxylic acids is 2. The Morgan fingerprint density at radius 2 is 1.81 bits per heavy atom. The van der Waals surface area contributed by atoms with Crippen LogP contribution in [0, 0.1) is 13.8 Å². The summed E-state index contributed by atoms with van der Waals surface area (Å²) in [7, 11) is 1.55. The lowest BCUT2D eigenvalue weighted by Crippen LogP contribution is -2.32. The Morgan fingerprint density at radius 1 is 1.12 bits per heavy atom. The van der Waals surface area contributed by atoms with Gasteiger partial charge in [-0.25, -0.2) is 0 Å². The van der Waals surface area contributed by atoms with Crippen LogP contribution in [0.5, 0.6) is 5.75 Å². The summed E-state index contributed by atoms with van der Waals surface area (Å²) < 4.78 is 16.5. The Balaban J connectivity index is 1.84. The summed E-state index contributed by atoms with van der Waals surface area (Å²) >= 11 is 0. The third-order valence-electron chi connectivity index (χ3n) is 5.70. The molecular formula is C24H24N2O6. The number of benzene rings is 2. The molecule has 2 heterocycles. The van der Waals surface area contributed by atoms with Gasteiger partial charge in [0, 0.05) is 13.7 Å². The maximum atomic E-state index is 13.5. The normalized spacial score (nSPS) is 15.3. The topological polar surface area (TPSA) is 112 Å². The van der Waals surface area contributed by atoms with E-state index >= 15 is 0 Å². The first kappa shape index (κ1) is 21.6. The number of nitrogens with two attached hydrogens (primary N) is 1. The van der Waals surface area contributed by atoms with Crippen LogP contribution in [-0.4, -0.2) is 43.6 Å². The minimum absolute atomic E-state index is 0.0564. The van der Waals surface area contributed by atoms with Crippen LogP contribution in [0.1, 0.15) is 38.9 Å². The minimum atomic E-state index is -0.625. The molecule has 1 aliphatic rings. The van der Waals surface area contributed by atoms with Crippen molar-refractivity contribution in [3.05, 3.63) is 74.6 Å². The molecular weight excluding hydrogens is 412 g/mol. The van der Waals surface area contributed by atoms with Gasteiger partial charge in [0.25, 0.3) is 11.8 Å². The molecule has 0 saturated carbocycles. The van der Waals surface area contributed by atoms with E-state index in [0.717, 1.165) is 16.7 Å². The maximum Gasteiger partial charge on any atom is 0.290 e. The van der Waals surface area contributed by atoms with Crippen LogP contribution < -0.4 is 15.9 Å². The van der Waals surface area contributed by atoms with E-state index in [2.05, 4.69) is 0 Å². The fourth-order valence-corrected chi connectivity index (χ4v) is 3.94. The second kappa shape index (κ2) is 8.47. The minimum Gasteiger partial charge on any atom is -0.484 e. The summed E-state index contributed by atoms with van der Waals surface area (Å²) in [5.74, 6) is -0.420. The molecule has 0 aliphatic carbocycles. The van der Waals surface area contributed by atoms with Crippen molar-refractivity contribution in [3.8, 4) is 5.75 Å². The SMILES string of the molecule is COCCN1C(=O)c2oc3cc(C)c(C)cc3c(=O)c2[C@@H]1c1ccc(OCC(N)=O)cc1. The van der Waals surface area contributed by atoms with Gasteiger partial charge in [0.1, 0.15) is 11.3 Å². The Morgan fingerprint density at radius 3 is 2.47 bits per heavy atom. The highest BCUT2D eigenvalue weighted by Crippen LogP contribution is 2.38. The number of methoxy groups -OCH3 is 1. The molecule has 4 rings (SSSR count). The van der Waals surface area contributed by atoms with Gasteiger partial charge in [-0.05, 0) is 54.8 Å². The maximum absolute atomic E-state index is 13.5. The van der Waals surface area contributed by atoms with Crippen molar-refractivity contribution in [1.82, 2.24) is 4.90 Å². The van der Waals surface area contributed by atoms with Crippen molar-refractivity contribution in [2.75, 3.05) is 26.9 Å². The van der Waals surface area contributed by atoms with Gasteiger partial charge in [0.2, 0.25) is 5.76 Å². The van der Waals surface area contributed by atoms with Crippen LogP contribution in [0.3, 0.4) is 0 Å². The molecule has 2 aromatic carbocycles. The molecule has 0 saturated heterocycles. The molecule has 8 heteroatoms. The fraction of sp³-hybridized carbons (Fsp3) is 0.292. The molecule has 8 nitrogen and oxygen atoms in total. The Bertz CT molecular complexity index is 1260. The third-order valence-corrected chi connectivity index (χ3v) is 5.70. The van der Waals surface area contributed by atoms with Gasteiger partial charge in [-0.15, -0.1) is 0 Å². The van der Waals surface area contributed by atoms with E-state index in [4.69, 9.17) is 19.6 Å². The van der Waals surface area contributed by atoms with Crippen molar-refractivity contribution >= 4 is 22.8 Å². The zero-order chi connectivity index (χ0) is 23.0. The molecule has 1 aliphatic heterocycles. The van der Waals surface area contributed by atoms with E-state index in [0.29, 0.717) is 28.9 Å². The van der Waals surface area contributed by atoms with Crippen molar-refractivity contribution in [2.45, 2.75) is 19.9 Å². The summed E-state index contributed by atoms with van der Waals surface area (Å²) in [6, 6.07) is 9.82. The smallest absolute Gasteiger partial charge is 0.290 e. The molecule has 0 fully saturated rings. The lowest BCUT2D eigenvalue weighted by molar-refractivity contribution is -0.119. The van der Waals surface area contributed by atoms with E-state index in [1.165, 1.54) is 0 Å². The second-order valence-corrected chi connectivity index (χ2v) is 7.82. The molecule has 1 atom stereocenters. The van der Waals surface area contributed by atoms with E-state index in [1.807, 2.05) is 13.8 Å².